The number of aliphatic hydroxyl groups excluding tert-OH is 9. The molecule has 5 aliphatic rings. The van der Waals surface area contributed by atoms with Crippen molar-refractivity contribution in [3.05, 3.63) is 0 Å². The Morgan fingerprint density at radius 1 is 0.358 bits per heavy atom. The third kappa shape index (κ3) is 34.8. The molecule has 5 rings (SSSR count). The van der Waals surface area contributed by atoms with Crippen LogP contribution >= 0.6 is 0 Å². The van der Waals surface area contributed by atoms with Crippen molar-refractivity contribution in [3.63, 3.8) is 0 Å². The SMILES string of the molecule is COCC(=O)NCCCCCCCCCCCCC(=O)NC(COCCC(=O)NCCCNC(=O)CCCCO[C@@H]1OC(CO)[C@H](O)[C@H](O)C1NC(C)=O)(COCCC(=O)NCCCNC(=O)CCCCO[C@@H]1OC2C(CO)[C@H](O)[C@H](O)C21NC(C)=O)COCCC(=O)NCCCNC(=O)CCCCO[C@@H]1OC2C(CO)[C@H](O)[C@H](O)C21NC(C)=O. The van der Waals surface area contributed by atoms with Crippen molar-refractivity contribution in [3.8, 4) is 0 Å². The van der Waals surface area contributed by atoms with Crippen LogP contribution in [0.4, 0.5) is 0 Å². The van der Waals surface area contributed by atoms with E-state index in [1.54, 1.807) is 0 Å². The Morgan fingerprint density at radius 2 is 0.700 bits per heavy atom. The van der Waals surface area contributed by atoms with Gasteiger partial charge in [-0.2, -0.15) is 0 Å². The summed E-state index contributed by atoms with van der Waals surface area (Å²) < 4.78 is 57.6. The molecular weight excluding hydrogens is 1580 g/mol. The number of methoxy groups -OCH3 is 1. The number of amides is 11. The molecule has 0 radical (unpaired) electrons. The normalized spacial score (nSPS) is 26.3. The molecule has 3 heterocycles. The first-order valence-corrected chi connectivity index (χ1v) is 42.6. The van der Waals surface area contributed by atoms with E-state index in [0.717, 1.165) is 57.8 Å². The van der Waals surface area contributed by atoms with E-state index in [4.69, 9.17) is 47.4 Å². The fourth-order valence-electron chi connectivity index (χ4n) is 15.2. The smallest absolute Gasteiger partial charge is 0.245 e. The molecule has 2 saturated carbocycles. The van der Waals surface area contributed by atoms with Crippen molar-refractivity contribution < 1.29 is 146 Å². The largest absolute Gasteiger partial charge is 0.396 e. The maximum atomic E-state index is 14.0. The highest BCUT2D eigenvalue weighted by Crippen LogP contribution is 2.51. The van der Waals surface area contributed by atoms with Gasteiger partial charge in [0.2, 0.25) is 65.0 Å². The van der Waals surface area contributed by atoms with Gasteiger partial charge in [0.05, 0.1) is 83.9 Å². The number of hydrogen-bond acceptors (Lipinski definition) is 30. The van der Waals surface area contributed by atoms with Crippen molar-refractivity contribution in [2.45, 2.75) is 284 Å². The third-order valence-corrected chi connectivity index (χ3v) is 21.6. The van der Waals surface area contributed by atoms with Gasteiger partial charge in [0.1, 0.15) is 59.8 Å². The lowest BCUT2D eigenvalue weighted by molar-refractivity contribution is -0.331. The standard InChI is InChI=1S/C79H139N11O30/c1-51(94)87-65-69(108)68(107)56(46-93)118-74(65)115-38-18-14-24-57(97)80-32-21-35-83-60(100)28-41-112-48-77(90-63(103)27-13-11-9-7-5-6-8-10-12-17-31-86-64(104)47-111-4,49-113-42-29-61(101)84-36-22-33-81-58(98)25-15-19-39-116-75-78(88-52(2)95)70(109)66(105)54(44-91)72(78)119-75)50-114-43-30-62(102)85-37-23-34-82-59(99)26-16-20-40-117-76-79(89-53(3)96)71(110)67(106)55(45-92)73(79)120-76/h54-56,65-76,91-93,105-110H,5-50H2,1-4H3,(H,80,97)(H,81,98)(H,82,99)(H,83,100)(H,84,101)(H,85,102)(H,86,104)(H,87,94)(H,88,95)(H,89,96)(H,90,103)/t54?,55?,56?,65?,66-,67-,68-,69+,70-,71-,72?,73?,74+,75+,76+,77?,78?,79?/m0/s1. The van der Waals surface area contributed by atoms with E-state index in [1.165, 1.54) is 27.9 Å². The maximum Gasteiger partial charge on any atom is 0.245 e. The van der Waals surface area contributed by atoms with Crippen LogP contribution in [0.15, 0.2) is 0 Å². The molecule has 20 N–H and O–H groups in total. The Bertz CT molecular complexity index is 2970. The van der Waals surface area contributed by atoms with Gasteiger partial charge in [-0.05, 0) is 70.6 Å². The second-order valence-corrected chi connectivity index (χ2v) is 31.5. The van der Waals surface area contributed by atoms with E-state index in [1.807, 2.05) is 0 Å². The lowest BCUT2D eigenvalue weighted by Crippen LogP contribution is -2.77. The number of fused-ring (bicyclic) bond motifs is 2. The quantitative estimate of drug-likeness (QED) is 0.0255. The summed E-state index contributed by atoms with van der Waals surface area (Å²) in [5.74, 6) is -5.39. The van der Waals surface area contributed by atoms with E-state index < -0.39 is 146 Å². The Balaban J connectivity index is 1.09. The van der Waals surface area contributed by atoms with Crippen molar-refractivity contribution >= 4 is 65.0 Å². The van der Waals surface area contributed by atoms with Gasteiger partial charge >= 0.3 is 0 Å². The van der Waals surface area contributed by atoms with Crippen LogP contribution in [-0.2, 0) is 100 Å². The fourth-order valence-corrected chi connectivity index (χ4v) is 15.2. The highest BCUT2D eigenvalue weighted by Gasteiger charge is 2.74. The zero-order chi connectivity index (χ0) is 87.9. The summed E-state index contributed by atoms with van der Waals surface area (Å²) in [6.07, 6.45) is -1.33. The molecule has 11 amide bonds. The second-order valence-electron chi connectivity index (χ2n) is 31.5. The minimum atomic E-state index is -1.46. The molecule has 3 aliphatic heterocycles. The number of nitrogens with one attached hydrogen (secondary N) is 11. The number of unbranched alkanes of at least 4 members (excludes halogenated alkanes) is 12. The number of hydrogen-bond donors (Lipinski definition) is 20. The predicted molar refractivity (Wildman–Crippen MR) is 425 cm³/mol. The van der Waals surface area contributed by atoms with Crippen molar-refractivity contribution in [1.82, 2.24) is 58.5 Å². The van der Waals surface area contributed by atoms with Gasteiger partial charge < -0.3 is 152 Å². The van der Waals surface area contributed by atoms with Gasteiger partial charge in [-0.25, -0.2) is 0 Å². The molecule has 41 nitrogen and oxygen atoms in total. The van der Waals surface area contributed by atoms with Crippen LogP contribution in [0.1, 0.15) is 188 Å². The summed E-state index contributed by atoms with van der Waals surface area (Å²) in [4.78, 5) is 139. The zero-order valence-corrected chi connectivity index (χ0v) is 70.3. The van der Waals surface area contributed by atoms with E-state index in [2.05, 4.69) is 58.5 Å². The Hall–Kier alpha value is -6.59. The Morgan fingerprint density at radius 3 is 1.07 bits per heavy atom. The number of ether oxygens (including phenoxy) is 10. The van der Waals surface area contributed by atoms with E-state index in [-0.39, 0.29) is 198 Å². The predicted octanol–water partition coefficient (Wildman–Crippen LogP) is -4.63. The fraction of sp³-hybridized carbons (Fsp3) is 0.861. The highest BCUT2D eigenvalue weighted by molar-refractivity contribution is 5.80. The molecule has 0 aromatic rings. The molecule has 5 fully saturated rings. The summed E-state index contributed by atoms with van der Waals surface area (Å²) in [5, 5.41) is 123. The van der Waals surface area contributed by atoms with Gasteiger partial charge in [-0.1, -0.05) is 51.4 Å². The molecular formula is C79H139N11O30. The average Bonchev–Trinajstić information content (AvgIpc) is 1.54. The van der Waals surface area contributed by atoms with Gasteiger partial charge in [0.25, 0.3) is 0 Å². The first-order valence-electron chi connectivity index (χ1n) is 42.6. The van der Waals surface area contributed by atoms with Crippen molar-refractivity contribution in [2.75, 3.05) is 139 Å². The first kappa shape index (κ1) is 104. The minimum absolute atomic E-state index is 0.0369. The molecule has 0 bridgehead atoms. The van der Waals surface area contributed by atoms with Crippen molar-refractivity contribution in [1.29, 1.82) is 0 Å². The zero-order valence-electron chi connectivity index (χ0n) is 70.3. The molecule has 0 spiro atoms. The topological polar surface area (TPSA) is 594 Å². The number of carbonyl (C=O) groups is 11. The van der Waals surface area contributed by atoms with E-state index in [9.17, 15) is 98.7 Å². The van der Waals surface area contributed by atoms with Crippen LogP contribution in [0, 0.1) is 11.8 Å². The molecule has 690 valence electrons. The van der Waals surface area contributed by atoms with Crippen LogP contribution in [0.3, 0.4) is 0 Å². The molecule has 8 unspecified atom stereocenters. The second kappa shape index (κ2) is 57.0. The van der Waals surface area contributed by atoms with Crippen LogP contribution in [0.2, 0.25) is 0 Å². The third-order valence-electron chi connectivity index (χ3n) is 21.6. The summed E-state index contributed by atoms with van der Waals surface area (Å²) in [7, 11) is 1.47. The molecule has 0 aromatic carbocycles. The molecule has 3 saturated heterocycles. The molecule has 17 atom stereocenters. The van der Waals surface area contributed by atoms with Gasteiger partial charge in [0.15, 0.2) is 18.9 Å². The van der Waals surface area contributed by atoms with E-state index >= 15 is 0 Å². The highest BCUT2D eigenvalue weighted by atomic mass is 16.7. The van der Waals surface area contributed by atoms with Crippen LogP contribution in [0.25, 0.3) is 0 Å². The van der Waals surface area contributed by atoms with Gasteiger partial charge in [-0.3, -0.25) is 52.7 Å². The summed E-state index contributed by atoms with van der Waals surface area (Å²) in [6.45, 7) is 3.52. The molecule has 41 heteroatoms. The lowest BCUT2D eigenvalue weighted by atomic mass is 9.84. The number of rotatable bonds is 67. The Labute approximate surface area is 701 Å². The van der Waals surface area contributed by atoms with E-state index in [0.29, 0.717) is 70.8 Å². The number of aliphatic hydroxyl groups is 9. The molecule has 120 heavy (non-hydrogen) atoms. The van der Waals surface area contributed by atoms with Crippen LogP contribution in [0.5, 0.6) is 0 Å². The first-order chi connectivity index (χ1) is 57.6. The molecule has 2 aliphatic carbocycles. The minimum Gasteiger partial charge on any atom is -0.396 e. The average molecular weight is 1720 g/mol. The Kier molecular flexibility index (Phi) is 49.4. The van der Waals surface area contributed by atoms with Gasteiger partial charge in [0, 0.05) is 150 Å². The van der Waals surface area contributed by atoms with Gasteiger partial charge in [-0.15, -0.1) is 0 Å². The summed E-state index contributed by atoms with van der Waals surface area (Å²) >= 11 is 0. The van der Waals surface area contributed by atoms with Crippen LogP contribution < -0.4 is 58.5 Å². The maximum absolute atomic E-state index is 14.0. The number of carbonyl (C=O) groups excluding carboxylic acids is 11. The van der Waals surface area contributed by atoms with Crippen LogP contribution in [-0.4, -0.2) is 346 Å². The summed E-state index contributed by atoms with van der Waals surface area (Å²) in [6, 6.07) is -1.09. The lowest BCUT2D eigenvalue weighted by Gasteiger charge is -2.53. The summed E-state index contributed by atoms with van der Waals surface area (Å²) in [5.41, 5.74) is -4.27. The molecule has 0 aromatic heterocycles. The van der Waals surface area contributed by atoms with Crippen molar-refractivity contribution in [2.24, 2.45) is 11.8 Å². The monoisotopic (exact) mass is 1720 g/mol.